The molecule has 4 heteroatoms. The van der Waals surface area contributed by atoms with Crippen LogP contribution in [0.5, 0.6) is 5.75 Å². The van der Waals surface area contributed by atoms with Gasteiger partial charge in [-0.15, -0.1) is 0 Å². The van der Waals surface area contributed by atoms with Crippen LogP contribution in [0.3, 0.4) is 0 Å². The number of aryl methyl sites for hydroxylation is 1. The first-order valence-electron chi connectivity index (χ1n) is 6.94. The highest BCUT2D eigenvalue weighted by Crippen LogP contribution is 2.25. The predicted octanol–water partition coefficient (Wildman–Crippen LogP) is 2.04. The highest BCUT2D eigenvalue weighted by molar-refractivity contribution is 5.97. The number of para-hydroxylation sites is 1. The molecule has 2 rings (SSSR count). The Hall–Kier alpha value is -1.55. The molecule has 1 aromatic carbocycles. The van der Waals surface area contributed by atoms with Gasteiger partial charge in [0.1, 0.15) is 5.75 Å². The van der Waals surface area contributed by atoms with Crippen LogP contribution in [-0.2, 0) is 0 Å². The minimum absolute atomic E-state index is 0.0903. The quantitative estimate of drug-likeness (QED) is 0.857. The smallest absolute Gasteiger partial charge is 0.257 e. The van der Waals surface area contributed by atoms with E-state index in [2.05, 4.69) is 0 Å². The van der Waals surface area contributed by atoms with Crippen molar-refractivity contribution >= 4 is 5.91 Å². The van der Waals surface area contributed by atoms with Crippen LogP contribution >= 0.6 is 0 Å². The number of benzene rings is 1. The first kappa shape index (κ1) is 13.9. The van der Waals surface area contributed by atoms with Crippen LogP contribution < -0.4 is 5.73 Å². The zero-order chi connectivity index (χ0) is 13.8. The molecule has 1 saturated heterocycles. The van der Waals surface area contributed by atoms with Gasteiger partial charge in [0.25, 0.3) is 5.91 Å². The van der Waals surface area contributed by atoms with E-state index in [1.807, 2.05) is 4.90 Å². The maximum atomic E-state index is 12.6. The minimum atomic E-state index is -0.0986. The number of amides is 1. The summed E-state index contributed by atoms with van der Waals surface area (Å²) in [5, 5.41) is 10.0. The van der Waals surface area contributed by atoms with Gasteiger partial charge >= 0.3 is 0 Å². The fourth-order valence-corrected chi connectivity index (χ4v) is 2.68. The van der Waals surface area contributed by atoms with Crippen LogP contribution in [0.15, 0.2) is 18.2 Å². The molecule has 4 nitrogen and oxygen atoms in total. The lowest BCUT2D eigenvalue weighted by atomic mass is 10.1. The van der Waals surface area contributed by atoms with E-state index in [9.17, 15) is 9.90 Å². The fraction of sp³-hybridized carbons (Fsp3) is 0.533. The van der Waals surface area contributed by atoms with Gasteiger partial charge in [-0.1, -0.05) is 25.0 Å². The number of phenolic OH excluding ortho intramolecular Hbond substituents is 1. The second-order valence-corrected chi connectivity index (χ2v) is 5.21. The van der Waals surface area contributed by atoms with Crippen molar-refractivity contribution in [3.05, 3.63) is 29.3 Å². The van der Waals surface area contributed by atoms with Crippen LogP contribution in [0.2, 0.25) is 0 Å². The van der Waals surface area contributed by atoms with E-state index in [4.69, 9.17) is 5.73 Å². The van der Waals surface area contributed by atoms with Crippen molar-refractivity contribution < 1.29 is 9.90 Å². The predicted molar refractivity (Wildman–Crippen MR) is 75.2 cm³/mol. The number of nitrogens with zero attached hydrogens (tertiary/aromatic N) is 1. The summed E-state index contributed by atoms with van der Waals surface area (Å²) < 4.78 is 0. The lowest BCUT2D eigenvalue weighted by Gasteiger charge is -2.29. The Kier molecular flexibility index (Phi) is 4.43. The third-order valence-electron chi connectivity index (χ3n) is 3.88. The monoisotopic (exact) mass is 262 g/mol. The summed E-state index contributed by atoms with van der Waals surface area (Å²) in [4.78, 5) is 14.4. The van der Waals surface area contributed by atoms with Crippen LogP contribution in [0, 0.1) is 6.92 Å². The largest absolute Gasteiger partial charge is 0.507 e. The Balaban J connectivity index is 2.28. The van der Waals surface area contributed by atoms with E-state index in [0.29, 0.717) is 12.1 Å². The van der Waals surface area contributed by atoms with Crippen molar-refractivity contribution in [1.29, 1.82) is 0 Å². The van der Waals surface area contributed by atoms with Crippen LogP contribution in [0.1, 0.15) is 41.6 Å². The molecule has 0 bridgehead atoms. The Morgan fingerprint density at radius 2 is 2.21 bits per heavy atom. The number of likely N-dealkylation sites (tertiary alicyclic amines) is 1. The normalized spacial score (nSPS) is 20.1. The number of hydrogen-bond donors (Lipinski definition) is 2. The molecular formula is C15H22N2O2. The second-order valence-electron chi connectivity index (χ2n) is 5.21. The lowest BCUT2D eigenvalue weighted by molar-refractivity contribution is 0.0686. The fourth-order valence-electron chi connectivity index (χ4n) is 2.68. The number of phenols is 1. The van der Waals surface area contributed by atoms with Crippen LogP contribution in [0.4, 0.5) is 0 Å². The molecular weight excluding hydrogens is 240 g/mol. The van der Waals surface area contributed by atoms with Crippen LogP contribution in [-0.4, -0.2) is 35.0 Å². The Bertz CT molecular complexity index is 459. The zero-order valence-electron chi connectivity index (χ0n) is 11.4. The average molecular weight is 262 g/mol. The van der Waals surface area contributed by atoms with E-state index in [1.54, 1.807) is 25.1 Å². The number of carbonyl (C=O) groups excluding carboxylic acids is 1. The van der Waals surface area contributed by atoms with E-state index >= 15 is 0 Å². The standard InChI is InChI=1S/C15H22N2O2/c1-11-6-5-8-13(14(11)18)15(19)17-9-4-2-3-7-12(17)10-16/h5-6,8,12,18H,2-4,7,9-10,16H2,1H3. The molecule has 1 aliphatic rings. The summed E-state index contributed by atoms with van der Waals surface area (Å²) in [5.74, 6) is -0.00827. The molecule has 0 saturated carbocycles. The van der Waals surface area contributed by atoms with Crippen molar-refractivity contribution in [3.63, 3.8) is 0 Å². The van der Waals surface area contributed by atoms with Crippen LogP contribution in [0.25, 0.3) is 0 Å². The molecule has 1 aliphatic heterocycles. The van der Waals surface area contributed by atoms with Gasteiger partial charge in [0.15, 0.2) is 0 Å². The maximum Gasteiger partial charge on any atom is 0.257 e. The molecule has 0 spiro atoms. The van der Waals surface area contributed by atoms with Crippen molar-refractivity contribution in [1.82, 2.24) is 4.90 Å². The average Bonchev–Trinajstić information content (AvgIpc) is 2.66. The SMILES string of the molecule is Cc1cccc(C(=O)N2CCCCCC2CN)c1O. The van der Waals surface area contributed by atoms with Gasteiger partial charge in [-0.3, -0.25) is 4.79 Å². The van der Waals surface area contributed by atoms with Gasteiger partial charge in [0.05, 0.1) is 5.56 Å². The van der Waals surface area contributed by atoms with Crippen molar-refractivity contribution in [2.24, 2.45) is 5.73 Å². The third kappa shape index (κ3) is 2.89. The molecule has 0 radical (unpaired) electrons. The first-order valence-corrected chi connectivity index (χ1v) is 6.94. The highest BCUT2D eigenvalue weighted by Gasteiger charge is 2.27. The molecule has 1 aromatic rings. The summed E-state index contributed by atoms with van der Waals surface area (Å²) in [6.07, 6.45) is 4.22. The summed E-state index contributed by atoms with van der Waals surface area (Å²) in [7, 11) is 0. The molecule has 1 fully saturated rings. The van der Waals surface area contributed by atoms with E-state index < -0.39 is 0 Å². The van der Waals surface area contributed by atoms with Gasteiger partial charge in [0.2, 0.25) is 0 Å². The topological polar surface area (TPSA) is 66.6 Å². The lowest BCUT2D eigenvalue weighted by Crippen LogP contribution is -2.44. The summed E-state index contributed by atoms with van der Waals surface area (Å²) in [6, 6.07) is 5.38. The Morgan fingerprint density at radius 1 is 1.42 bits per heavy atom. The molecule has 0 aromatic heterocycles. The van der Waals surface area contributed by atoms with Gasteiger partial charge in [-0.2, -0.15) is 0 Å². The molecule has 1 heterocycles. The van der Waals surface area contributed by atoms with Gasteiger partial charge < -0.3 is 15.7 Å². The molecule has 104 valence electrons. The van der Waals surface area contributed by atoms with Crippen molar-refractivity contribution in [3.8, 4) is 5.75 Å². The minimum Gasteiger partial charge on any atom is -0.507 e. The summed E-state index contributed by atoms with van der Waals surface area (Å²) in [6.45, 7) is 3.02. The van der Waals surface area contributed by atoms with E-state index in [-0.39, 0.29) is 17.7 Å². The van der Waals surface area contributed by atoms with Gasteiger partial charge in [-0.25, -0.2) is 0 Å². The number of carbonyl (C=O) groups is 1. The maximum absolute atomic E-state index is 12.6. The molecule has 3 N–H and O–H groups in total. The van der Waals surface area contributed by atoms with E-state index in [1.165, 1.54) is 0 Å². The van der Waals surface area contributed by atoms with Crippen molar-refractivity contribution in [2.45, 2.75) is 38.6 Å². The molecule has 19 heavy (non-hydrogen) atoms. The first-order chi connectivity index (χ1) is 9.15. The molecule has 1 amide bonds. The Morgan fingerprint density at radius 3 is 2.95 bits per heavy atom. The number of nitrogens with two attached hydrogens (primary N) is 1. The zero-order valence-corrected chi connectivity index (χ0v) is 11.4. The molecule has 1 atom stereocenters. The van der Waals surface area contributed by atoms with Gasteiger partial charge in [-0.05, 0) is 31.4 Å². The number of hydrogen-bond acceptors (Lipinski definition) is 3. The molecule has 1 unspecified atom stereocenters. The second kappa shape index (κ2) is 6.06. The van der Waals surface area contributed by atoms with Crippen molar-refractivity contribution in [2.75, 3.05) is 13.1 Å². The Labute approximate surface area is 114 Å². The number of aromatic hydroxyl groups is 1. The summed E-state index contributed by atoms with van der Waals surface area (Å²) >= 11 is 0. The third-order valence-corrected chi connectivity index (χ3v) is 3.88. The molecule has 0 aliphatic carbocycles. The van der Waals surface area contributed by atoms with E-state index in [0.717, 1.165) is 37.8 Å². The van der Waals surface area contributed by atoms with Gasteiger partial charge in [0, 0.05) is 19.1 Å². The highest BCUT2D eigenvalue weighted by atomic mass is 16.3. The number of rotatable bonds is 2. The summed E-state index contributed by atoms with van der Waals surface area (Å²) in [5.41, 5.74) is 6.91.